The summed E-state index contributed by atoms with van der Waals surface area (Å²) in [7, 11) is 0. The highest BCUT2D eigenvalue weighted by molar-refractivity contribution is 9.10. The summed E-state index contributed by atoms with van der Waals surface area (Å²) < 4.78 is 1.19. The van der Waals surface area contributed by atoms with Crippen LogP contribution in [0.1, 0.15) is 34.7 Å². The summed E-state index contributed by atoms with van der Waals surface area (Å²) in [6, 6.07) is 4.63. The molecule has 1 unspecified atom stereocenters. The highest BCUT2D eigenvalue weighted by Gasteiger charge is 2.11. The number of aryl methyl sites for hydroxylation is 3. The molecular weight excluding hydrogens is 308 g/mol. The fourth-order valence-corrected chi connectivity index (χ4v) is 3.11. The van der Waals surface area contributed by atoms with Crippen molar-refractivity contribution < 1.29 is 0 Å². The molecule has 2 aromatic rings. The van der Waals surface area contributed by atoms with E-state index in [0.29, 0.717) is 0 Å². The molecule has 1 aromatic heterocycles. The molecule has 0 bridgehead atoms. The van der Waals surface area contributed by atoms with Crippen LogP contribution in [0.25, 0.3) is 0 Å². The van der Waals surface area contributed by atoms with Crippen LogP contribution in [0, 0.1) is 20.8 Å². The zero-order valence-corrected chi connectivity index (χ0v) is 13.4. The number of aromatic nitrogens is 1. The highest BCUT2D eigenvalue weighted by atomic mass is 79.9. The summed E-state index contributed by atoms with van der Waals surface area (Å²) in [5, 5.41) is 3.54. The van der Waals surface area contributed by atoms with Gasteiger partial charge in [-0.05, 0) is 51.0 Å². The molecule has 18 heavy (non-hydrogen) atoms. The molecule has 2 rings (SSSR count). The van der Waals surface area contributed by atoms with Crippen LogP contribution >= 0.6 is 27.3 Å². The third-order valence-electron chi connectivity index (χ3n) is 3.00. The Bertz CT molecular complexity index is 540. The Morgan fingerprint density at radius 1 is 1.22 bits per heavy atom. The van der Waals surface area contributed by atoms with Gasteiger partial charge in [0.15, 0.2) is 0 Å². The average molecular weight is 325 g/mol. The number of hydrogen-bond acceptors (Lipinski definition) is 3. The van der Waals surface area contributed by atoms with Crippen LogP contribution in [0.4, 0.5) is 5.69 Å². The first-order valence-electron chi connectivity index (χ1n) is 5.92. The topological polar surface area (TPSA) is 24.9 Å². The number of hydrogen-bond donors (Lipinski definition) is 1. The van der Waals surface area contributed by atoms with Gasteiger partial charge in [-0.15, -0.1) is 11.3 Å². The molecule has 0 fully saturated rings. The number of nitrogens with zero attached hydrogens (tertiary/aromatic N) is 1. The monoisotopic (exact) mass is 324 g/mol. The summed E-state index contributed by atoms with van der Waals surface area (Å²) in [5.74, 6) is 0. The van der Waals surface area contributed by atoms with E-state index in [9.17, 15) is 0 Å². The minimum absolute atomic E-state index is 0.289. The van der Waals surface area contributed by atoms with E-state index in [-0.39, 0.29) is 6.04 Å². The van der Waals surface area contributed by atoms with Crippen molar-refractivity contribution >= 4 is 33.0 Å². The quantitative estimate of drug-likeness (QED) is 0.858. The lowest BCUT2D eigenvalue weighted by Gasteiger charge is -2.16. The Balaban J connectivity index is 2.22. The van der Waals surface area contributed by atoms with E-state index >= 15 is 0 Å². The van der Waals surface area contributed by atoms with Crippen molar-refractivity contribution in [2.75, 3.05) is 5.32 Å². The Labute approximate surface area is 121 Å². The molecule has 0 aliphatic heterocycles. The molecular formula is C14H17BrN2S. The Hall–Kier alpha value is -0.870. The van der Waals surface area contributed by atoms with Crippen LogP contribution in [-0.2, 0) is 0 Å². The number of halogens is 1. The van der Waals surface area contributed by atoms with Gasteiger partial charge < -0.3 is 5.32 Å². The maximum atomic E-state index is 4.30. The average Bonchev–Trinajstić information content (AvgIpc) is 2.72. The normalized spacial score (nSPS) is 12.5. The first-order valence-corrected chi connectivity index (χ1v) is 7.59. The fourth-order valence-electron chi connectivity index (χ4n) is 2.07. The molecule has 0 saturated carbocycles. The predicted molar refractivity (Wildman–Crippen MR) is 82.5 cm³/mol. The number of thiazole rings is 1. The van der Waals surface area contributed by atoms with Crippen LogP contribution in [0.2, 0.25) is 0 Å². The number of anilines is 1. The van der Waals surface area contributed by atoms with Crippen molar-refractivity contribution in [2.24, 2.45) is 0 Å². The minimum atomic E-state index is 0.289. The molecule has 0 saturated heterocycles. The number of benzene rings is 1. The number of nitrogens with one attached hydrogen (secondary N) is 1. The number of rotatable bonds is 3. The van der Waals surface area contributed by atoms with Crippen molar-refractivity contribution in [1.29, 1.82) is 0 Å². The maximum Gasteiger partial charge on any atom is 0.0798 e. The standard InChI is InChI=1S/C14H17BrN2S/c1-8-5-12(6-9(2)13(8)15)17-11(4)14-10(3)16-7-18-14/h5-7,11,17H,1-4H3. The van der Waals surface area contributed by atoms with Crippen molar-refractivity contribution in [3.63, 3.8) is 0 Å². The summed E-state index contributed by atoms with van der Waals surface area (Å²) in [5.41, 5.74) is 6.69. The molecule has 1 aromatic carbocycles. The maximum absolute atomic E-state index is 4.30. The van der Waals surface area contributed by atoms with E-state index in [1.54, 1.807) is 11.3 Å². The van der Waals surface area contributed by atoms with E-state index in [0.717, 1.165) is 11.4 Å². The Morgan fingerprint density at radius 2 is 1.83 bits per heavy atom. The second-order valence-electron chi connectivity index (χ2n) is 4.59. The molecule has 4 heteroatoms. The highest BCUT2D eigenvalue weighted by Crippen LogP contribution is 2.29. The molecule has 1 heterocycles. The first kappa shape index (κ1) is 13.6. The third-order valence-corrected chi connectivity index (χ3v) is 5.36. The molecule has 2 nitrogen and oxygen atoms in total. The van der Waals surface area contributed by atoms with Gasteiger partial charge in [0.1, 0.15) is 0 Å². The smallest absolute Gasteiger partial charge is 0.0798 e. The summed E-state index contributed by atoms with van der Waals surface area (Å²) in [4.78, 5) is 5.60. The summed E-state index contributed by atoms with van der Waals surface area (Å²) in [6.07, 6.45) is 0. The van der Waals surface area contributed by atoms with E-state index in [1.807, 2.05) is 5.51 Å². The van der Waals surface area contributed by atoms with Gasteiger partial charge in [-0.2, -0.15) is 0 Å². The molecule has 0 amide bonds. The van der Waals surface area contributed by atoms with Crippen LogP contribution in [0.15, 0.2) is 22.1 Å². The summed E-state index contributed by atoms with van der Waals surface area (Å²) in [6.45, 7) is 8.46. The van der Waals surface area contributed by atoms with Gasteiger partial charge in [0.2, 0.25) is 0 Å². The lowest BCUT2D eigenvalue weighted by molar-refractivity contribution is 0.889. The van der Waals surface area contributed by atoms with Crippen molar-refractivity contribution in [1.82, 2.24) is 4.98 Å². The second-order valence-corrected chi connectivity index (χ2v) is 6.27. The molecule has 96 valence electrons. The fraction of sp³-hybridized carbons (Fsp3) is 0.357. The zero-order valence-electron chi connectivity index (χ0n) is 11.0. The van der Waals surface area contributed by atoms with Crippen molar-refractivity contribution in [3.05, 3.63) is 43.8 Å². The van der Waals surface area contributed by atoms with E-state index in [1.165, 1.54) is 20.5 Å². The largest absolute Gasteiger partial charge is 0.378 e. The van der Waals surface area contributed by atoms with Crippen molar-refractivity contribution in [3.8, 4) is 0 Å². The van der Waals surface area contributed by atoms with Crippen LogP contribution in [0.3, 0.4) is 0 Å². The minimum Gasteiger partial charge on any atom is -0.378 e. The van der Waals surface area contributed by atoms with Crippen LogP contribution < -0.4 is 5.32 Å². The van der Waals surface area contributed by atoms with Gasteiger partial charge in [0, 0.05) is 15.0 Å². The van der Waals surface area contributed by atoms with Gasteiger partial charge >= 0.3 is 0 Å². The molecule has 1 atom stereocenters. The lowest BCUT2D eigenvalue weighted by Crippen LogP contribution is -2.06. The lowest BCUT2D eigenvalue weighted by atomic mass is 10.1. The summed E-state index contributed by atoms with van der Waals surface area (Å²) >= 11 is 5.30. The van der Waals surface area contributed by atoms with Crippen LogP contribution in [-0.4, -0.2) is 4.98 Å². The van der Waals surface area contributed by atoms with E-state index < -0.39 is 0 Å². The van der Waals surface area contributed by atoms with Gasteiger partial charge in [-0.1, -0.05) is 15.9 Å². The van der Waals surface area contributed by atoms with Gasteiger partial charge in [-0.3, -0.25) is 0 Å². The van der Waals surface area contributed by atoms with E-state index in [2.05, 4.69) is 66.1 Å². The van der Waals surface area contributed by atoms with Gasteiger partial charge in [-0.25, -0.2) is 4.98 Å². The van der Waals surface area contributed by atoms with E-state index in [4.69, 9.17) is 0 Å². The third kappa shape index (κ3) is 2.75. The van der Waals surface area contributed by atoms with Crippen LogP contribution in [0.5, 0.6) is 0 Å². The molecule has 0 aliphatic rings. The SMILES string of the molecule is Cc1cc(NC(C)c2scnc2C)cc(C)c1Br. The molecule has 1 N–H and O–H groups in total. The van der Waals surface area contributed by atoms with Gasteiger partial charge in [0.25, 0.3) is 0 Å². The van der Waals surface area contributed by atoms with Gasteiger partial charge in [0.05, 0.1) is 17.2 Å². The van der Waals surface area contributed by atoms with Crippen molar-refractivity contribution in [2.45, 2.75) is 33.7 Å². The predicted octanol–water partition coefficient (Wildman–Crippen LogP) is 5.00. The first-order chi connectivity index (χ1) is 8.49. The molecule has 0 aliphatic carbocycles. The molecule has 0 radical (unpaired) electrons. The zero-order chi connectivity index (χ0) is 13.3. The molecule has 0 spiro atoms. The Kier molecular flexibility index (Phi) is 4.07. The second kappa shape index (κ2) is 5.41. The Morgan fingerprint density at radius 3 is 2.33 bits per heavy atom.